The van der Waals surface area contributed by atoms with Crippen LogP contribution in [0.3, 0.4) is 0 Å². The van der Waals surface area contributed by atoms with Gasteiger partial charge in [-0.1, -0.05) is 0 Å². The van der Waals surface area contributed by atoms with Crippen molar-refractivity contribution in [1.29, 1.82) is 0 Å². The van der Waals surface area contributed by atoms with Crippen LogP contribution in [0.2, 0.25) is 0 Å². The molecular formula is C4H5IO2. The fraction of sp³-hybridized carbons (Fsp3) is 0.500. The maximum absolute atomic E-state index is 4.40. The van der Waals surface area contributed by atoms with Crippen molar-refractivity contribution in [2.75, 3.05) is 6.61 Å². The van der Waals surface area contributed by atoms with Crippen LogP contribution in [0.5, 0.6) is 0 Å². The molecule has 0 aliphatic heterocycles. The van der Waals surface area contributed by atoms with Gasteiger partial charge in [-0.2, -0.15) is 4.89 Å². The van der Waals surface area contributed by atoms with Gasteiger partial charge in [-0.05, 0) is 6.92 Å². The Labute approximate surface area is 56.3 Å². The minimum Gasteiger partial charge on any atom is -0.282 e. The Morgan fingerprint density at radius 3 is 2.86 bits per heavy atom. The molecule has 0 saturated carbocycles. The minimum absolute atomic E-state index is 0.533. The quantitative estimate of drug-likeness (QED) is 0.226. The highest BCUT2D eigenvalue weighted by Gasteiger charge is 1.69. The third-order valence-electron chi connectivity index (χ3n) is 0.257. The first kappa shape index (κ1) is 7.05. The van der Waals surface area contributed by atoms with Crippen molar-refractivity contribution in [2.45, 2.75) is 6.92 Å². The molecule has 0 rings (SSSR count). The molecule has 7 heavy (non-hydrogen) atoms. The summed E-state index contributed by atoms with van der Waals surface area (Å²) in [5, 5.41) is 0. The molecule has 0 aromatic carbocycles. The van der Waals surface area contributed by atoms with Crippen molar-refractivity contribution < 1.29 is 9.78 Å². The fourth-order valence-electron chi connectivity index (χ4n) is 0.104. The van der Waals surface area contributed by atoms with E-state index in [4.69, 9.17) is 0 Å². The Kier molecular flexibility index (Phi) is 6.09. The van der Waals surface area contributed by atoms with E-state index in [9.17, 15) is 0 Å². The lowest BCUT2D eigenvalue weighted by atomic mass is 10.9. The monoisotopic (exact) mass is 212 g/mol. The SMILES string of the molecule is CCOOC#CI. The summed E-state index contributed by atoms with van der Waals surface area (Å²) >= 11 is 1.86. The average Bonchev–Trinajstić information content (AvgIpc) is 1.69. The summed E-state index contributed by atoms with van der Waals surface area (Å²) in [5.41, 5.74) is 0. The molecule has 0 aromatic rings. The lowest BCUT2D eigenvalue weighted by molar-refractivity contribution is -0.231. The zero-order valence-corrected chi connectivity index (χ0v) is 6.06. The summed E-state index contributed by atoms with van der Waals surface area (Å²) in [4.78, 5) is 8.66. The fourth-order valence-corrected chi connectivity index (χ4v) is 0.194. The van der Waals surface area contributed by atoms with Crippen molar-refractivity contribution in [3.05, 3.63) is 0 Å². The normalized spacial score (nSPS) is 6.57. The van der Waals surface area contributed by atoms with Gasteiger partial charge in [-0.3, -0.25) is 4.89 Å². The van der Waals surface area contributed by atoms with E-state index in [1.165, 1.54) is 0 Å². The Hall–Kier alpha value is 0.0500. The van der Waals surface area contributed by atoms with Crippen molar-refractivity contribution in [3.8, 4) is 10.0 Å². The number of rotatable bonds is 2. The second kappa shape index (κ2) is 6.05. The summed E-state index contributed by atoms with van der Waals surface area (Å²) in [6.07, 6.45) is 2.26. The Morgan fingerprint density at radius 2 is 2.43 bits per heavy atom. The molecule has 0 radical (unpaired) electrons. The summed E-state index contributed by atoms with van der Waals surface area (Å²) < 4.78 is 2.48. The smallest absolute Gasteiger partial charge is 0.168 e. The van der Waals surface area contributed by atoms with Crippen LogP contribution in [-0.4, -0.2) is 6.61 Å². The predicted molar refractivity (Wildman–Crippen MR) is 34.5 cm³/mol. The molecule has 0 unspecified atom stereocenters. The lowest BCUT2D eigenvalue weighted by Crippen LogP contribution is -1.83. The molecule has 0 amide bonds. The zero-order chi connectivity index (χ0) is 5.54. The largest absolute Gasteiger partial charge is 0.282 e. The van der Waals surface area contributed by atoms with Crippen molar-refractivity contribution >= 4 is 22.6 Å². The molecule has 0 N–H and O–H groups in total. The Morgan fingerprint density at radius 1 is 1.71 bits per heavy atom. The van der Waals surface area contributed by atoms with Crippen LogP contribution in [0.25, 0.3) is 0 Å². The molecule has 0 saturated heterocycles. The first-order valence-corrected chi connectivity index (χ1v) is 2.88. The highest BCUT2D eigenvalue weighted by molar-refractivity contribution is 14.1. The molecule has 0 aromatic heterocycles. The maximum Gasteiger partial charge on any atom is 0.168 e. The van der Waals surface area contributed by atoms with Gasteiger partial charge in [0.15, 0.2) is 6.11 Å². The van der Waals surface area contributed by atoms with Gasteiger partial charge in [0.25, 0.3) is 0 Å². The molecular weight excluding hydrogens is 207 g/mol. The van der Waals surface area contributed by atoms with Crippen LogP contribution in [0, 0.1) is 10.0 Å². The van der Waals surface area contributed by atoms with Gasteiger partial charge in [-0.25, -0.2) is 0 Å². The molecule has 0 aliphatic carbocycles. The molecule has 0 fully saturated rings. The molecule has 40 valence electrons. The Bertz CT molecular complexity index is 81.4. The van der Waals surface area contributed by atoms with Gasteiger partial charge < -0.3 is 0 Å². The molecule has 2 nitrogen and oxygen atoms in total. The first-order valence-electron chi connectivity index (χ1n) is 1.81. The second-order valence-electron chi connectivity index (χ2n) is 0.686. The van der Waals surface area contributed by atoms with E-state index in [0.29, 0.717) is 6.61 Å². The van der Waals surface area contributed by atoms with Crippen LogP contribution in [0.4, 0.5) is 0 Å². The highest BCUT2D eigenvalue weighted by Crippen LogP contribution is 1.75. The van der Waals surface area contributed by atoms with Gasteiger partial charge in [0.2, 0.25) is 0 Å². The average molecular weight is 212 g/mol. The Balaban J connectivity index is 2.78. The standard InChI is InChI=1S/C4H5IO2/c1-2-6-7-4-3-5/h2H2,1H3. The lowest BCUT2D eigenvalue weighted by Gasteiger charge is -1.86. The summed E-state index contributed by atoms with van der Waals surface area (Å²) in [6, 6.07) is 0. The van der Waals surface area contributed by atoms with Crippen LogP contribution >= 0.6 is 22.6 Å². The van der Waals surface area contributed by atoms with E-state index >= 15 is 0 Å². The van der Waals surface area contributed by atoms with E-state index in [0.717, 1.165) is 0 Å². The van der Waals surface area contributed by atoms with Gasteiger partial charge in [0, 0.05) is 26.5 Å². The minimum atomic E-state index is 0.533. The topological polar surface area (TPSA) is 18.5 Å². The number of halogens is 1. The van der Waals surface area contributed by atoms with Gasteiger partial charge in [0.05, 0.1) is 6.61 Å². The molecule has 0 heterocycles. The highest BCUT2D eigenvalue weighted by atomic mass is 127. The van der Waals surface area contributed by atoms with E-state index in [-0.39, 0.29) is 0 Å². The number of hydrogen-bond acceptors (Lipinski definition) is 2. The van der Waals surface area contributed by atoms with Crippen LogP contribution in [-0.2, 0) is 9.78 Å². The van der Waals surface area contributed by atoms with Crippen molar-refractivity contribution in [2.24, 2.45) is 0 Å². The van der Waals surface area contributed by atoms with Crippen molar-refractivity contribution in [1.82, 2.24) is 0 Å². The summed E-state index contributed by atoms with van der Waals surface area (Å²) in [5.74, 6) is 0. The van der Waals surface area contributed by atoms with E-state index in [2.05, 4.69) is 19.8 Å². The molecule has 0 spiro atoms. The summed E-state index contributed by atoms with van der Waals surface area (Å²) in [7, 11) is 0. The molecule has 3 heteroatoms. The van der Waals surface area contributed by atoms with Gasteiger partial charge in [0.1, 0.15) is 0 Å². The molecule has 0 aliphatic rings. The van der Waals surface area contributed by atoms with Crippen molar-refractivity contribution in [3.63, 3.8) is 0 Å². The van der Waals surface area contributed by atoms with E-state index in [1.54, 1.807) is 0 Å². The van der Waals surface area contributed by atoms with Crippen LogP contribution in [0.1, 0.15) is 6.92 Å². The first-order chi connectivity index (χ1) is 3.41. The van der Waals surface area contributed by atoms with Crippen LogP contribution in [0.15, 0.2) is 0 Å². The van der Waals surface area contributed by atoms with Crippen LogP contribution < -0.4 is 0 Å². The van der Waals surface area contributed by atoms with E-state index < -0.39 is 0 Å². The third-order valence-corrected chi connectivity index (χ3v) is 0.477. The van der Waals surface area contributed by atoms with Gasteiger partial charge >= 0.3 is 0 Å². The maximum atomic E-state index is 4.40. The van der Waals surface area contributed by atoms with E-state index in [1.807, 2.05) is 29.5 Å². The number of hydrogen-bond donors (Lipinski definition) is 0. The molecule has 0 atom stereocenters. The summed E-state index contributed by atoms with van der Waals surface area (Å²) in [6.45, 7) is 2.36. The molecule has 0 bridgehead atoms. The second-order valence-corrected chi connectivity index (χ2v) is 1.23. The van der Waals surface area contributed by atoms with Gasteiger partial charge in [-0.15, -0.1) is 0 Å². The zero-order valence-electron chi connectivity index (χ0n) is 3.90. The predicted octanol–water partition coefficient (Wildman–Crippen LogP) is 1.31. The third kappa shape index (κ3) is 6.05.